The number of nitrogens with one attached hydrogen (secondary N) is 1. The van der Waals surface area contributed by atoms with Crippen LogP contribution in [0.3, 0.4) is 0 Å². The molecule has 6 nitrogen and oxygen atoms in total. The van der Waals surface area contributed by atoms with Crippen molar-refractivity contribution in [3.05, 3.63) is 52.4 Å². The quantitative estimate of drug-likeness (QED) is 0.789. The highest BCUT2D eigenvalue weighted by atomic mass is 32.1. The molecule has 0 spiro atoms. The standard InChI is InChI=1S/C16H16N2O4S/c1-10-2-4-11(5-3-10)8-14(20)22-9-13(19)18-16-12(15(17)21)6-7-23-16/h2-7H,8-9H2,1H3,(H2,17,21)(H,18,19). The smallest absolute Gasteiger partial charge is 0.310 e. The minimum atomic E-state index is -0.627. The lowest BCUT2D eigenvalue weighted by molar-refractivity contribution is -0.146. The normalized spacial score (nSPS) is 10.1. The molecule has 0 radical (unpaired) electrons. The van der Waals surface area contributed by atoms with Crippen LogP contribution < -0.4 is 11.1 Å². The Bertz CT molecular complexity index is 722. The highest BCUT2D eigenvalue weighted by molar-refractivity contribution is 7.14. The zero-order valence-corrected chi connectivity index (χ0v) is 13.3. The topological polar surface area (TPSA) is 98.5 Å². The number of carbonyl (C=O) groups is 3. The Balaban J connectivity index is 1.82. The van der Waals surface area contributed by atoms with E-state index in [4.69, 9.17) is 10.5 Å². The molecular weight excluding hydrogens is 316 g/mol. The second-order valence-electron chi connectivity index (χ2n) is 4.90. The molecule has 1 aromatic carbocycles. The van der Waals surface area contributed by atoms with E-state index in [-0.39, 0.29) is 12.0 Å². The summed E-state index contributed by atoms with van der Waals surface area (Å²) in [6.07, 6.45) is 0.0963. The monoisotopic (exact) mass is 332 g/mol. The number of rotatable bonds is 6. The van der Waals surface area contributed by atoms with Crippen LogP contribution in [0.1, 0.15) is 21.5 Å². The van der Waals surface area contributed by atoms with E-state index in [0.29, 0.717) is 5.00 Å². The lowest BCUT2D eigenvalue weighted by atomic mass is 10.1. The maximum atomic E-state index is 11.8. The van der Waals surface area contributed by atoms with Gasteiger partial charge in [-0.3, -0.25) is 14.4 Å². The highest BCUT2D eigenvalue weighted by Gasteiger charge is 2.14. The summed E-state index contributed by atoms with van der Waals surface area (Å²) in [5.74, 6) is -1.64. The van der Waals surface area contributed by atoms with E-state index < -0.39 is 24.4 Å². The van der Waals surface area contributed by atoms with Gasteiger partial charge >= 0.3 is 5.97 Å². The number of thiophene rings is 1. The number of anilines is 1. The van der Waals surface area contributed by atoms with E-state index in [1.807, 2.05) is 31.2 Å². The zero-order valence-electron chi connectivity index (χ0n) is 12.5. The van der Waals surface area contributed by atoms with Crippen molar-refractivity contribution in [1.29, 1.82) is 0 Å². The minimum Gasteiger partial charge on any atom is -0.455 e. The van der Waals surface area contributed by atoms with E-state index in [1.165, 1.54) is 17.4 Å². The lowest BCUT2D eigenvalue weighted by Crippen LogP contribution is -2.22. The van der Waals surface area contributed by atoms with Crippen LogP contribution in [-0.4, -0.2) is 24.4 Å². The molecule has 2 aromatic rings. The van der Waals surface area contributed by atoms with Crippen LogP contribution >= 0.6 is 11.3 Å². The number of hydrogen-bond donors (Lipinski definition) is 2. The van der Waals surface area contributed by atoms with E-state index >= 15 is 0 Å². The Morgan fingerprint density at radius 1 is 1.17 bits per heavy atom. The van der Waals surface area contributed by atoms with Crippen molar-refractivity contribution >= 4 is 34.1 Å². The second-order valence-corrected chi connectivity index (χ2v) is 5.82. The van der Waals surface area contributed by atoms with Crippen molar-refractivity contribution in [1.82, 2.24) is 0 Å². The maximum Gasteiger partial charge on any atom is 0.310 e. The van der Waals surface area contributed by atoms with E-state index in [1.54, 1.807) is 5.38 Å². The minimum absolute atomic E-state index is 0.0963. The molecule has 0 aliphatic carbocycles. The average molecular weight is 332 g/mol. The number of aryl methyl sites for hydroxylation is 1. The molecule has 1 aromatic heterocycles. The van der Waals surface area contributed by atoms with Gasteiger partial charge in [-0.05, 0) is 23.9 Å². The van der Waals surface area contributed by atoms with E-state index in [2.05, 4.69) is 5.32 Å². The summed E-state index contributed by atoms with van der Waals surface area (Å²) >= 11 is 1.17. The van der Waals surface area contributed by atoms with Gasteiger partial charge in [-0.25, -0.2) is 0 Å². The van der Waals surface area contributed by atoms with Crippen molar-refractivity contribution in [2.24, 2.45) is 5.73 Å². The average Bonchev–Trinajstić information content (AvgIpc) is 2.96. The van der Waals surface area contributed by atoms with E-state index in [0.717, 1.165) is 11.1 Å². The summed E-state index contributed by atoms with van der Waals surface area (Å²) in [7, 11) is 0. The van der Waals surface area contributed by atoms with Gasteiger partial charge < -0.3 is 15.8 Å². The van der Waals surface area contributed by atoms with Crippen molar-refractivity contribution in [2.45, 2.75) is 13.3 Å². The molecule has 0 saturated heterocycles. The fourth-order valence-corrected chi connectivity index (χ4v) is 2.64. The molecule has 2 rings (SSSR count). The Morgan fingerprint density at radius 3 is 2.52 bits per heavy atom. The molecule has 23 heavy (non-hydrogen) atoms. The Kier molecular flexibility index (Phi) is 5.48. The maximum absolute atomic E-state index is 11.8. The van der Waals surface area contributed by atoms with Gasteiger partial charge in [-0.15, -0.1) is 11.3 Å². The lowest BCUT2D eigenvalue weighted by Gasteiger charge is -2.06. The molecular formula is C16H16N2O4S. The van der Waals surface area contributed by atoms with Gasteiger partial charge in [0, 0.05) is 0 Å². The number of esters is 1. The van der Waals surface area contributed by atoms with Crippen LogP contribution in [-0.2, 0) is 20.7 Å². The van der Waals surface area contributed by atoms with Crippen molar-refractivity contribution in [3.63, 3.8) is 0 Å². The summed E-state index contributed by atoms with van der Waals surface area (Å²) in [5, 5.41) is 4.48. The second kappa shape index (κ2) is 7.55. The number of primary amides is 1. The molecule has 0 saturated carbocycles. The number of nitrogens with two attached hydrogens (primary N) is 1. The van der Waals surface area contributed by atoms with Crippen LogP contribution in [0.25, 0.3) is 0 Å². The Morgan fingerprint density at radius 2 is 1.87 bits per heavy atom. The first-order chi connectivity index (χ1) is 11.0. The predicted octanol–water partition coefficient (Wildman–Crippen LogP) is 1.88. The molecule has 0 unspecified atom stereocenters. The Hall–Kier alpha value is -2.67. The van der Waals surface area contributed by atoms with Gasteiger partial charge in [-0.1, -0.05) is 29.8 Å². The van der Waals surface area contributed by atoms with Crippen molar-refractivity contribution in [3.8, 4) is 0 Å². The third-order valence-electron chi connectivity index (χ3n) is 3.02. The van der Waals surface area contributed by atoms with Crippen LogP contribution in [0.15, 0.2) is 35.7 Å². The number of amides is 2. The van der Waals surface area contributed by atoms with Crippen molar-refractivity contribution < 1.29 is 19.1 Å². The fourth-order valence-electron chi connectivity index (χ4n) is 1.83. The number of hydrogen-bond acceptors (Lipinski definition) is 5. The van der Waals surface area contributed by atoms with Gasteiger partial charge in [0.25, 0.3) is 11.8 Å². The molecule has 0 atom stereocenters. The summed E-state index contributed by atoms with van der Waals surface area (Å²) in [6.45, 7) is 1.54. The Labute approximate surface area is 137 Å². The summed E-state index contributed by atoms with van der Waals surface area (Å²) in [4.78, 5) is 34.6. The van der Waals surface area contributed by atoms with Crippen LogP contribution in [0.5, 0.6) is 0 Å². The SMILES string of the molecule is Cc1ccc(CC(=O)OCC(=O)Nc2sccc2C(N)=O)cc1. The first-order valence-electron chi connectivity index (χ1n) is 6.84. The van der Waals surface area contributed by atoms with Crippen LogP contribution in [0.4, 0.5) is 5.00 Å². The molecule has 0 bridgehead atoms. The van der Waals surface area contributed by atoms with Gasteiger partial charge in [-0.2, -0.15) is 0 Å². The molecule has 120 valence electrons. The summed E-state index contributed by atoms with van der Waals surface area (Å²) in [5.41, 5.74) is 7.33. The first-order valence-corrected chi connectivity index (χ1v) is 7.72. The molecule has 0 fully saturated rings. The van der Waals surface area contributed by atoms with Gasteiger partial charge in [0.1, 0.15) is 5.00 Å². The molecule has 3 N–H and O–H groups in total. The first kappa shape index (κ1) is 16.7. The largest absolute Gasteiger partial charge is 0.455 e. The van der Waals surface area contributed by atoms with E-state index in [9.17, 15) is 14.4 Å². The summed E-state index contributed by atoms with van der Waals surface area (Å²) in [6, 6.07) is 8.99. The molecule has 7 heteroatoms. The van der Waals surface area contributed by atoms with Gasteiger partial charge in [0.15, 0.2) is 6.61 Å². The number of carbonyl (C=O) groups excluding carboxylic acids is 3. The third kappa shape index (κ3) is 4.93. The predicted molar refractivity (Wildman–Crippen MR) is 87.3 cm³/mol. The number of ether oxygens (including phenoxy) is 1. The molecule has 1 heterocycles. The molecule has 0 aliphatic rings. The van der Waals surface area contributed by atoms with Crippen LogP contribution in [0.2, 0.25) is 0 Å². The highest BCUT2D eigenvalue weighted by Crippen LogP contribution is 2.22. The molecule has 0 aliphatic heterocycles. The number of benzene rings is 1. The third-order valence-corrected chi connectivity index (χ3v) is 3.85. The summed E-state index contributed by atoms with van der Waals surface area (Å²) < 4.78 is 4.92. The van der Waals surface area contributed by atoms with Gasteiger partial charge in [0.05, 0.1) is 12.0 Å². The zero-order chi connectivity index (χ0) is 16.8. The molecule has 2 amide bonds. The fraction of sp³-hybridized carbons (Fsp3) is 0.188. The van der Waals surface area contributed by atoms with Crippen molar-refractivity contribution in [2.75, 3.05) is 11.9 Å². The van der Waals surface area contributed by atoms with Gasteiger partial charge in [0.2, 0.25) is 0 Å². The van der Waals surface area contributed by atoms with Crippen LogP contribution in [0, 0.1) is 6.92 Å².